The highest BCUT2D eigenvalue weighted by molar-refractivity contribution is 5.03. The van der Waals surface area contributed by atoms with Gasteiger partial charge in [-0.3, -0.25) is 5.32 Å². The fourth-order valence-corrected chi connectivity index (χ4v) is 2.42. The van der Waals surface area contributed by atoms with E-state index in [2.05, 4.69) is 11.4 Å². The van der Waals surface area contributed by atoms with Crippen molar-refractivity contribution in [1.82, 2.24) is 5.32 Å². The van der Waals surface area contributed by atoms with Crippen molar-refractivity contribution in [3.05, 3.63) is 0 Å². The van der Waals surface area contributed by atoms with E-state index in [1.165, 1.54) is 0 Å². The maximum absolute atomic E-state index is 9.13. The van der Waals surface area contributed by atoms with Gasteiger partial charge in [-0.05, 0) is 51.5 Å². The first-order valence-electron chi connectivity index (χ1n) is 7.52. The van der Waals surface area contributed by atoms with Gasteiger partial charge >= 0.3 is 0 Å². The molecule has 0 bridgehead atoms. The fraction of sp³-hybridized carbons (Fsp3) is 0.933. The van der Waals surface area contributed by atoms with Crippen LogP contribution in [0.5, 0.6) is 0 Å². The van der Waals surface area contributed by atoms with E-state index in [-0.39, 0.29) is 5.54 Å². The van der Waals surface area contributed by atoms with E-state index in [0.29, 0.717) is 5.92 Å². The second kappa shape index (κ2) is 9.30. The van der Waals surface area contributed by atoms with Crippen molar-refractivity contribution < 1.29 is 9.47 Å². The molecule has 19 heavy (non-hydrogen) atoms. The van der Waals surface area contributed by atoms with Crippen LogP contribution in [0, 0.1) is 17.2 Å². The van der Waals surface area contributed by atoms with E-state index in [4.69, 9.17) is 14.7 Å². The summed E-state index contributed by atoms with van der Waals surface area (Å²) < 4.78 is 11.0. The Kier molecular flexibility index (Phi) is 8.04. The molecule has 0 aromatic heterocycles. The van der Waals surface area contributed by atoms with Gasteiger partial charge in [0.2, 0.25) is 0 Å². The molecule has 4 nitrogen and oxygen atoms in total. The van der Waals surface area contributed by atoms with Gasteiger partial charge in [-0.25, -0.2) is 0 Å². The summed E-state index contributed by atoms with van der Waals surface area (Å²) in [6.45, 7) is 8.29. The van der Waals surface area contributed by atoms with Gasteiger partial charge < -0.3 is 9.47 Å². The van der Waals surface area contributed by atoms with Gasteiger partial charge in [-0.2, -0.15) is 5.26 Å². The Morgan fingerprint density at radius 2 is 2.11 bits per heavy atom. The Morgan fingerprint density at radius 1 is 1.37 bits per heavy atom. The molecular formula is C15H28N2O2. The molecule has 1 atom stereocenters. The van der Waals surface area contributed by atoms with Crippen LogP contribution in [0.1, 0.15) is 46.0 Å². The Labute approximate surface area is 117 Å². The van der Waals surface area contributed by atoms with Gasteiger partial charge in [0.25, 0.3) is 0 Å². The summed E-state index contributed by atoms with van der Waals surface area (Å²) in [5.74, 6) is 0.680. The molecule has 0 saturated carbocycles. The molecule has 0 aromatic rings. The lowest BCUT2D eigenvalue weighted by molar-refractivity contribution is 0.0196. The van der Waals surface area contributed by atoms with Gasteiger partial charge in [0.1, 0.15) is 5.54 Å². The van der Waals surface area contributed by atoms with Gasteiger partial charge in [-0.1, -0.05) is 6.92 Å². The first-order valence-corrected chi connectivity index (χ1v) is 7.52. The predicted octanol–water partition coefficient (Wildman–Crippen LogP) is 2.49. The van der Waals surface area contributed by atoms with E-state index < -0.39 is 0 Å². The molecule has 0 amide bonds. The van der Waals surface area contributed by atoms with Crippen LogP contribution in [0.15, 0.2) is 0 Å². The summed E-state index contributed by atoms with van der Waals surface area (Å²) in [6.07, 6.45) is 5.22. The molecule has 0 spiro atoms. The van der Waals surface area contributed by atoms with Crippen LogP contribution in [0.2, 0.25) is 0 Å². The van der Waals surface area contributed by atoms with Crippen LogP contribution in [0.3, 0.4) is 0 Å². The topological polar surface area (TPSA) is 54.3 Å². The quantitative estimate of drug-likeness (QED) is 0.653. The second-order valence-corrected chi connectivity index (χ2v) is 5.56. The van der Waals surface area contributed by atoms with Crippen LogP contribution in [0.25, 0.3) is 0 Å². The van der Waals surface area contributed by atoms with E-state index in [1.807, 2.05) is 13.8 Å². The van der Waals surface area contributed by atoms with E-state index in [1.54, 1.807) is 0 Å². The number of hydrogen-bond donors (Lipinski definition) is 1. The lowest BCUT2D eigenvalue weighted by atomic mass is 9.96. The van der Waals surface area contributed by atoms with Gasteiger partial charge in [0.15, 0.2) is 0 Å². The monoisotopic (exact) mass is 268 g/mol. The number of ether oxygens (including phenoxy) is 2. The van der Waals surface area contributed by atoms with Gasteiger partial charge in [-0.15, -0.1) is 0 Å². The first-order chi connectivity index (χ1) is 9.20. The Morgan fingerprint density at radius 3 is 2.74 bits per heavy atom. The summed E-state index contributed by atoms with van der Waals surface area (Å²) in [5, 5.41) is 12.4. The molecule has 110 valence electrons. The summed E-state index contributed by atoms with van der Waals surface area (Å²) in [7, 11) is 0. The fourth-order valence-electron chi connectivity index (χ4n) is 2.42. The normalized spacial score (nSPS) is 19.8. The highest BCUT2D eigenvalue weighted by atomic mass is 16.5. The maximum Gasteiger partial charge on any atom is 0.103 e. The third kappa shape index (κ3) is 6.91. The summed E-state index contributed by atoms with van der Waals surface area (Å²) in [4.78, 5) is 0. The lowest BCUT2D eigenvalue weighted by Gasteiger charge is -2.23. The third-order valence-corrected chi connectivity index (χ3v) is 3.72. The molecule has 1 aliphatic rings. The molecule has 0 aliphatic carbocycles. The van der Waals surface area contributed by atoms with E-state index in [9.17, 15) is 0 Å². The van der Waals surface area contributed by atoms with Crippen molar-refractivity contribution in [2.24, 2.45) is 5.92 Å². The lowest BCUT2D eigenvalue weighted by Crippen LogP contribution is -2.40. The highest BCUT2D eigenvalue weighted by Crippen LogP contribution is 2.16. The van der Waals surface area contributed by atoms with Crippen molar-refractivity contribution >= 4 is 0 Å². The van der Waals surface area contributed by atoms with E-state index in [0.717, 1.165) is 65.1 Å². The predicted molar refractivity (Wildman–Crippen MR) is 75.9 cm³/mol. The number of hydrogen-bond acceptors (Lipinski definition) is 4. The molecule has 0 aromatic carbocycles. The number of nitrogens with one attached hydrogen (secondary N) is 1. The standard InChI is InChI=1S/C15H28N2O2/c1-3-17-15(2,13-16)8-4-5-9-19-12-14-6-10-18-11-7-14/h14,17H,3-12H2,1-2H3. The Bertz CT molecular complexity index is 272. The Hall–Kier alpha value is -0.630. The smallest absolute Gasteiger partial charge is 0.103 e. The molecule has 1 heterocycles. The maximum atomic E-state index is 9.13. The minimum Gasteiger partial charge on any atom is -0.381 e. The molecule has 1 N–H and O–H groups in total. The molecule has 1 fully saturated rings. The molecule has 1 unspecified atom stereocenters. The summed E-state index contributed by atoms with van der Waals surface area (Å²) >= 11 is 0. The molecule has 1 saturated heterocycles. The highest BCUT2D eigenvalue weighted by Gasteiger charge is 2.21. The first kappa shape index (κ1) is 16.4. The van der Waals surface area contributed by atoms with Gasteiger partial charge in [0.05, 0.1) is 6.07 Å². The van der Waals surface area contributed by atoms with Gasteiger partial charge in [0, 0.05) is 26.4 Å². The average molecular weight is 268 g/mol. The van der Waals surface area contributed by atoms with Crippen molar-refractivity contribution in [3.63, 3.8) is 0 Å². The molecule has 1 aliphatic heterocycles. The molecular weight excluding hydrogens is 240 g/mol. The van der Waals surface area contributed by atoms with Crippen LogP contribution in [-0.2, 0) is 9.47 Å². The van der Waals surface area contributed by atoms with Crippen molar-refractivity contribution in [2.75, 3.05) is 33.0 Å². The largest absolute Gasteiger partial charge is 0.381 e. The summed E-state index contributed by atoms with van der Waals surface area (Å²) in [6, 6.07) is 2.36. The molecule has 1 rings (SSSR count). The average Bonchev–Trinajstić information content (AvgIpc) is 2.44. The Balaban J connectivity index is 2.00. The summed E-state index contributed by atoms with van der Waals surface area (Å²) in [5.41, 5.74) is -0.380. The number of unbranched alkanes of at least 4 members (excludes halogenated alkanes) is 1. The number of rotatable bonds is 9. The molecule has 4 heteroatoms. The third-order valence-electron chi connectivity index (χ3n) is 3.72. The zero-order chi connectivity index (χ0) is 14.0. The van der Waals surface area contributed by atoms with Crippen LogP contribution in [-0.4, -0.2) is 38.5 Å². The minimum atomic E-state index is -0.380. The van der Waals surface area contributed by atoms with Crippen LogP contribution in [0.4, 0.5) is 0 Å². The number of nitrogens with zero attached hydrogens (tertiary/aromatic N) is 1. The van der Waals surface area contributed by atoms with Crippen molar-refractivity contribution in [1.29, 1.82) is 5.26 Å². The van der Waals surface area contributed by atoms with Crippen molar-refractivity contribution in [2.45, 2.75) is 51.5 Å². The number of nitriles is 1. The zero-order valence-electron chi connectivity index (χ0n) is 12.4. The van der Waals surface area contributed by atoms with Crippen LogP contribution >= 0.6 is 0 Å². The zero-order valence-corrected chi connectivity index (χ0v) is 12.4. The minimum absolute atomic E-state index is 0.380. The second-order valence-electron chi connectivity index (χ2n) is 5.56. The molecule has 0 radical (unpaired) electrons. The SMILES string of the molecule is CCNC(C)(C#N)CCCCOCC1CCOCC1. The van der Waals surface area contributed by atoms with Crippen molar-refractivity contribution in [3.8, 4) is 6.07 Å². The van der Waals surface area contributed by atoms with Crippen LogP contribution < -0.4 is 5.32 Å². The van der Waals surface area contributed by atoms with E-state index >= 15 is 0 Å².